The second-order valence-corrected chi connectivity index (χ2v) is 21.5. The van der Waals surface area contributed by atoms with Gasteiger partial charge in [-0.15, -0.1) is 0 Å². The molecule has 396 valence electrons. The molecule has 2 saturated carbocycles. The van der Waals surface area contributed by atoms with E-state index >= 15 is 4.39 Å². The van der Waals surface area contributed by atoms with Crippen LogP contribution in [0.1, 0.15) is 120 Å². The molecule has 4 saturated heterocycles. The van der Waals surface area contributed by atoms with Gasteiger partial charge in [0.15, 0.2) is 0 Å². The van der Waals surface area contributed by atoms with E-state index in [0.29, 0.717) is 79.4 Å². The lowest BCUT2D eigenvalue weighted by atomic mass is 9.79. The number of piperazine rings is 1. The Kier molecular flexibility index (Phi) is 16.5. The van der Waals surface area contributed by atoms with Crippen LogP contribution in [0, 0.1) is 23.6 Å². The normalized spacial score (nSPS) is 25.4. The number of hydrogen-bond acceptors (Lipinski definition) is 15. The number of carbonyl (C=O) groups excluding carboxylic acids is 5. The van der Waals surface area contributed by atoms with E-state index in [-0.39, 0.29) is 54.5 Å². The molecule has 19 nitrogen and oxygen atoms in total. The van der Waals surface area contributed by atoms with Crippen molar-refractivity contribution in [1.82, 2.24) is 39.3 Å². The lowest BCUT2D eigenvalue weighted by Crippen LogP contribution is -2.54. The molecule has 6 fully saturated rings. The molecule has 3 aromatic rings. The molecule has 0 radical (unpaired) electrons. The molecule has 0 bridgehead atoms. The number of ether oxygens (including phenoxy) is 1. The Hall–Kier alpha value is -5.89. The molecule has 1 atom stereocenters. The van der Waals surface area contributed by atoms with Crippen molar-refractivity contribution < 1.29 is 38.2 Å². The van der Waals surface area contributed by atoms with E-state index in [1.165, 1.54) is 19.3 Å². The summed E-state index contributed by atoms with van der Waals surface area (Å²) in [6, 6.07) is 4.88. The van der Waals surface area contributed by atoms with Gasteiger partial charge >= 0.3 is 5.97 Å². The molecule has 6 heterocycles. The van der Waals surface area contributed by atoms with Gasteiger partial charge in [-0.3, -0.25) is 33.7 Å². The Morgan fingerprint density at radius 3 is 2.11 bits per heavy atom. The minimum atomic E-state index is -0.806. The Morgan fingerprint density at radius 2 is 1.48 bits per heavy atom. The van der Waals surface area contributed by atoms with Gasteiger partial charge in [-0.1, -0.05) is 0 Å². The lowest BCUT2D eigenvalue weighted by Gasteiger charge is -2.43. The largest absolute Gasteiger partial charge is 0.462 e. The molecule has 73 heavy (non-hydrogen) atoms. The number of nitrogens with one attached hydrogen (secondary N) is 3. The molecule has 6 aliphatic rings. The summed E-state index contributed by atoms with van der Waals surface area (Å²) in [5.41, 5.74) is 1.21. The average Bonchev–Trinajstić information content (AvgIpc) is 3.82. The summed E-state index contributed by atoms with van der Waals surface area (Å²) in [7, 11) is 3.30. The van der Waals surface area contributed by atoms with Gasteiger partial charge in [0, 0.05) is 115 Å². The van der Waals surface area contributed by atoms with Crippen LogP contribution in [0.25, 0.3) is 0 Å². The predicted octanol–water partition coefficient (Wildman–Crippen LogP) is 5.55. The second kappa shape index (κ2) is 23.1. The molecule has 9 rings (SSSR count). The number of carbonyl (C=O) groups is 5. The summed E-state index contributed by atoms with van der Waals surface area (Å²) in [5.74, 6) is 0.294. The Labute approximate surface area is 427 Å². The van der Waals surface area contributed by atoms with Crippen molar-refractivity contribution in [1.29, 1.82) is 0 Å². The maximum absolute atomic E-state index is 15.4. The summed E-state index contributed by atoms with van der Waals surface area (Å²) < 4.78 is 22.3. The number of nitrogens with zero attached hydrogens (tertiary/aromatic N) is 9. The summed E-state index contributed by atoms with van der Waals surface area (Å²) >= 11 is 0. The first-order chi connectivity index (χ1) is 35.2. The van der Waals surface area contributed by atoms with Crippen LogP contribution in [-0.4, -0.2) is 164 Å². The van der Waals surface area contributed by atoms with E-state index < -0.39 is 23.4 Å². The zero-order chi connectivity index (χ0) is 51.2. The summed E-state index contributed by atoms with van der Waals surface area (Å²) in [6.07, 6.45) is 17.0. The third kappa shape index (κ3) is 12.6. The smallest absolute Gasteiger partial charge is 0.343 e. The van der Waals surface area contributed by atoms with Crippen molar-refractivity contribution in [2.45, 2.75) is 133 Å². The van der Waals surface area contributed by atoms with Gasteiger partial charge in [0.2, 0.25) is 23.7 Å². The van der Waals surface area contributed by atoms with Gasteiger partial charge in [0.1, 0.15) is 23.2 Å². The third-order valence-electron chi connectivity index (χ3n) is 16.8. The van der Waals surface area contributed by atoms with Gasteiger partial charge in [0.25, 0.3) is 5.91 Å². The number of hydrogen-bond donors (Lipinski definition) is 4. The van der Waals surface area contributed by atoms with E-state index in [0.717, 1.165) is 120 Å². The number of likely N-dealkylation sites (tertiary alicyclic amines) is 2. The fourth-order valence-corrected chi connectivity index (χ4v) is 12.1. The first-order valence-corrected chi connectivity index (χ1v) is 26.9. The zero-order valence-corrected chi connectivity index (χ0v) is 42.9. The van der Waals surface area contributed by atoms with Crippen molar-refractivity contribution in [3.63, 3.8) is 0 Å². The highest BCUT2D eigenvalue weighted by Crippen LogP contribution is 2.37. The van der Waals surface area contributed by atoms with Crippen molar-refractivity contribution in [2.24, 2.45) is 24.8 Å². The lowest BCUT2D eigenvalue weighted by molar-refractivity contribution is -0.147. The van der Waals surface area contributed by atoms with E-state index in [4.69, 9.17) is 4.74 Å². The molecule has 4 N–H and O–H groups in total. The number of benzene rings is 1. The van der Waals surface area contributed by atoms with E-state index in [1.807, 2.05) is 23.0 Å². The van der Waals surface area contributed by atoms with Crippen LogP contribution in [0.5, 0.6) is 0 Å². The first kappa shape index (κ1) is 52.0. The number of aryl methyl sites for hydroxylation is 1. The van der Waals surface area contributed by atoms with Crippen LogP contribution >= 0.6 is 0 Å². The van der Waals surface area contributed by atoms with Crippen LogP contribution in [-0.2, 0) is 31.0 Å². The number of aromatic nitrogens is 4. The molecule has 1 aromatic carbocycles. The van der Waals surface area contributed by atoms with Crippen molar-refractivity contribution >= 4 is 58.4 Å². The molecular weight excluding hydrogens is 936 g/mol. The number of anilines is 5. The highest BCUT2D eigenvalue weighted by Gasteiger charge is 2.39. The minimum Gasteiger partial charge on any atom is -0.462 e. The molecule has 20 heteroatoms. The zero-order valence-electron chi connectivity index (χ0n) is 42.9. The maximum Gasteiger partial charge on any atom is 0.343 e. The van der Waals surface area contributed by atoms with Gasteiger partial charge in [-0.05, 0) is 127 Å². The number of imide groups is 1. The van der Waals surface area contributed by atoms with Crippen molar-refractivity contribution in [3.05, 3.63) is 48.2 Å². The number of esters is 1. The second-order valence-electron chi connectivity index (χ2n) is 21.5. The molecule has 0 spiro atoms. The number of piperidine rings is 3. The SMILES string of the molecule is CCOC(=O)c1cnc(Nc2cnn(C)c2)nc1NC1CCC(N2CCN(C(=O)C3CCC(C(=O)N4CCC(CCC5(O)CCN(c6ccc(NC7CCC(=O)N(C)C7=O)cc6F)CC5)CC4)CC3)CC2)CC1. The quantitative estimate of drug-likeness (QED) is 0.109. The summed E-state index contributed by atoms with van der Waals surface area (Å²) in [4.78, 5) is 83.4. The monoisotopic (exact) mass is 1010 g/mol. The number of likely N-dealkylation sites (N-methyl/N-ethyl adjacent to an activating group) is 1. The highest BCUT2D eigenvalue weighted by molar-refractivity contribution is 6.01. The van der Waals surface area contributed by atoms with E-state index in [1.54, 1.807) is 29.9 Å². The van der Waals surface area contributed by atoms with Crippen LogP contribution in [0.15, 0.2) is 36.8 Å². The van der Waals surface area contributed by atoms with E-state index in [2.05, 4.69) is 40.8 Å². The Morgan fingerprint density at radius 1 is 0.808 bits per heavy atom. The standard InChI is InChI=1S/C53H75FN12O7/c1-4-73-51(71)42-33-55-52(59-40-32-56-61(2)34-40)60-47(42)58-38-9-12-41(13-10-38)63-27-29-66(30-28-63)49(69)37-7-5-36(6-8-37)48(68)65-23-18-35(19-24-65)17-20-53(72)21-25-64(26-22-53)45-15-11-39(31-43(45)54)57-44-14-16-46(67)62(3)50(44)70/h11,15,31-38,41,44,57,72H,4-10,12-14,16-30H2,1-3H3,(H2,55,58,59,60). The molecule has 2 aliphatic carbocycles. The Bertz CT molecular complexity index is 2430. The van der Waals surface area contributed by atoms with Gasteiger partial charge in [-0.2, -0.15) is 10.1 Å². The first-order valence-electron chi connectivity index (χ1n) is 26.9. The number of amides is 4. The predicted molar refractivity (Wildman–Crippen MR) is 274 cm³/mol. The number of aliphatic hydroxyl groups is 1. The number of rotatable bonds is 15. The third-order valence-corrected chi connectivity index (χ3v) is 16.8. The summed E-state index contributed by atoms with van der Waals surface area (Å²) in [6.45, 7) is 7.72. The van der Waals surface area contributed by atoms with Crippen molar-refractivity contribution in [3.8, 4) is 0 Å². The van der Waals surface area contributed by atoms with Crippen LogP contribution in [0.3, 0.4) is 0 Å². The maximum atomic E-state index is 15.4. The molecule has 4 aliphatic heterocycles. The molecule has 4 amide bonds. The topological polar surface area (TPSA) is 211 Å². The molecule has 2 aromatic heterocycles. The molecular formula is C53H75FN12O7. The summed E-state index contributed by atoms with van der Waals surface area (Å²) in [5, 5.41) is 25.5. The van der Waals surface area contributed by atoms with Crippen LogP contribution in [0.2, 0.25) is 0 Å². The van der Waals surface area contributed by atoms with Crippen LogP contribution in [0.4, 0.5) is 33.2 Å². The van der Waals surface area contributed by atoms with Gasteiger partial charge < -0.3 is 40.5 Å². The van der Waals surface area contributed by atoms with E-state index in [9.17, 15) is 29.1 Å². The van der Waals surface area contributed by atoms with Gasteiger partial charge in [-0.25, -0.2) is 14.2 Å². The van der Waals surface area contributed by atoms with Crippen molar-refractivity contribution in [2.75, 3.05) is 86.9 Å². The van der Waals surface area contributed by atoms with Gasteiger partial charge in [0.05, 0.1) is 29.8 Å². The average molecular weight is 1010 g/mol. The number of halogens is 1. The minimum absolute atomic E-state index is 0.0274. The van der Waals surface area contributed by atoms with Crippen LogP contribution < -0.4 is 20.9 Å². The fraction of sp³-hybridized carbons (Fsp3) is 0.660. The highest BCUT2D eigenvalue weighted by atomic mass is 19.1. The molecule has 1 unspecified atom stereocenters. The Balaban J connectivity index is 0.649. The fourth-order valence-electron chi connectivity index (χ4n) is 12.1.